The molecule has 6 heteroatoms. The summed E-state index contributed by atoms with van der Waals surface area (Å²) in [6.07, 6.45) is 1.97. The van der Waals surface area contributed by atoms with Gasteiger partial charge in [-0.1, -0.05) is 72.8 Å². The van der Waals surface area contributed by atoms with Crippen molar-refractivity contribution in [1.29, 1.82) is 0 Å². The Hall–Kier alpha value is -4.86. The van der Waals surface area contributed by atoms with Crippen LogP contribution in [0.25, 0.3) is 39.4 Å². The monoisotopic (exact) mass is 722 g/mol. The van der Waals surface area contributed by atoms with E-state index in [9.17, 15) is 5.11 Å². The van der Waals surface area contributed by atoms with Gasteiger partial charge in [0.05, 0.1) is 22.6 Å². The van der Waals surface area contributed by atoms with Crippen LogP contribution in [0.2, 0.25) is 0 Å². The van der Waals surface area contributed by atoms with Gasteiger partial charge in [0.15, 0.2) is 5.65 Å². The number of rotatable bonds is 4. The third kappa shape index (κ3) is 3.78. The van der Waals surface area contributed by atoms with Gasteiger partial charge >= 0.3 is 0 Å². The van der Waals surface area contributed by atoms with Crippen molar-refractivity contribution >= 4 is 5.65 Å². The van der Waals surface area contributed by atoms with E-state index in [0.29, 0.717) is 11.3 Å². The van der Waals surface area contributed by atoms with Gasteiger partial charge in [-0.05, 0) is 58.7 Å². The summed E-state index contributed by atoms with van der Waals surface area (Å²) in [5.41, 5.74) is 8.73. The average molecular weight is 723 g/mol. The molecule has 0 unspecified atom stereocenters. The molecular formula is C36H23N4OPt-. The van der Waals surface area contributed by atoms with E-state index in [2.05, 4.69) is 83.0 Å². The molecule has 0 bridgehead atoms. The van der Waals surface area contributed by atoms with Crippen LogP contribution in [0.5, 0.6) is 5.75 Å². The predicted molar refractivity (Wildman–Crippen MR) is 159 cm³/mol. The van der Waals surface area contributed by atoms with E-state index in [-0.39, 0.29) is 26.8 Å². The van der Waals surface area contributed by atoms with E-state index in [4.69, 9.17) is 4.98 Å². The number of aromatic nitrogens is 4. The van der Waals surface area contributed by atoms with E-state index in [1.54, 1.807) is 6.07 Å². The van der Waals surface area contributed by atoms with Gasteiger partial charge in [0.2, 0.25) is 0 Å². The Balaban J connectivity index is 0.00000288. The Morgan fingerprint density at radius 3 is 2.05 bits per heavy atom. The van der Waals surface area contributed by atoms with Gasteiger partial charge in [-0.3, -0.25) is 4.98 Å². The first-order chi connectivity index (χ1) is 20.2. The number of phenols is 1. The fourth-order valence-electron chi connectivity index (χ4n) is 6.27. The molecule has 0 saturated carbocycles. The minimum Gasteiger partial charge on any atom is -0.507 e. The van der Waals surface area contributed by atoms with Crippen LogP contribution >= 0.6 is 0 Å². The van der Waals surface area contributed by atoms with Crippen LogP contribution in [0.4, 0.5) is 0 Å². The quantitative estimate of drug-likeness (QED) is 0.194. The number of aromatic hydroxyl groups is 1. The summed E-state index contributed by atoms with van der Waals surface area (Å²) in [5.74, 6) is 0.929. The van der Waals surface area contributed by atoms with Crippen molar-refractivity contribution in [3.63, 3.8) is 0 Å². The number of benzene rings is 4. The molecule has 4 aromatic carbocycles. The van der Waals surface area contributed by atoms with E-state index in [1.807, 2.05) is 65.2 Å². The summed E-state index contributed by atoms with van der Waals surface area (Å²) in [6.45, 7) is 0. The van der Waals surface area contributed by atoms with Crippen LogP contribution in [0.15, 0.2) is 134 Å². The molecule has 42 heavy (non-hydrogen) atoms. The maximum atomic E-state index is 10.7. The second-order valence-electron chi connectivity index (χ2n) is 10.2. The van der Waals surface area contributed by atoms with Crippen molar-refractivity contribution in [2.45, 2.75) is 5.41 Å². The first-order valence-electron chi connectivity index (χ1n) is 13.5. The van der Waals surface area contributed by atoms with Crippen molar-refractivity contribution in [1.82, 2.24) is 19.6 Å². The zero-order valence-corrected chi connectivity index (χ0v) is 24.5. The Labute approximate surface area is 257 Å². The molecule has 0 amide bonds. The molecule has 5 nitrogen and oxygen atoms in total. The molecule has 3 heterocycles. The molecule has 0 saturated heterocycles. The maximum absolute atomic E-state index is 10.7. The Morgan fingerprint density at radius 2 is 1.29 bits per heavy atom. The topological polar surface area (TPSA) is 63.3 Å². The Bertz CT molecular complexity index is 2060. The fraction of sp³-hybridized carbons (Fsp3) is 0.0278. The number of hydrogen-bond acceptors (Lipinski definition) is 4. The zero-order chi connectivity index (χ0) is 27.4. The molecule has 1 aliphatic rings. The third-order valence-corrected chi connectivity index (χ3v) is 8.02. The van der Waals surface area contributed by atoms with Gasteiger partial charge in [-0.25, -0.2) is 0 Å². The maximum Gasteiger partial charge on any atom is 0.151 e. The largest absolute Gasteiger partial charge is 0.507 e. The van der Waals surface area contributed by atoms with Crippen molar-refractivity contribution in [3.8, 4) is 39.5 Å². The number of hydrogen-bond donors (Lipinski definition) is 1. The van der Waals surface area contributed by atoms with Gasteiger partial charge in [-0.2, -0.15) is 5.10 Å². The van der Waals surface area contributed by atoms with E-state index < -0.39 is 5.41 Å². The van der Waals surface area contributed by atoms with E-state index in [1.165, 1.54) is 11.1 Å². The predicted octanol–water partition coefficient (Wildman–Crippen LogP) is 7.32. The van der Waals surface area contributed by atoms with Crippen molar-refractivity contribution in [3.05, 3.63) is 162 Å². The van der Waals surface area contributed by atoms with E-state index in [0.717, 1.165) is 39.4 Å². The summed E-state index contributed by atoms with van der Waals surface area (Å²) in [5, 5.41) is 19.6. The molecule has 7 aromatic rings. The van der Waals surface area contributed by atoms with Crippen LogP contribution in [0.1, 0.15) is 22.4 Å². The normalized spacial score (nSPS) is 12.9. The van der Waals surface area contributed by atoms with Gasteiger partial charge < -0.3 is 9.51 Å². The standard InChI is InChI=1S/C36H23N4O.Pt/c41-32-19-6-3-15-28(32)31-18-10-20-33(37-31)36(29-16-4-1-13-26(29)27-14-2-5-17-30(27)36)25-12-9-11-24(23-25)35-39-38-34-21-7-8-22-40(34)35;/h1-22,41H;/q-1;. The molecule has 3 aromatic heterocycles. The fourth-order valence-corrected chi connectivity index (χ4v) is 6.27. The average Bonchev–Trinajstić information content (AvgIpc) is 3.60. The molecule has 1 aliphatic carbocycles. The van der Waals surface area contributed by atoms with Crippen molar-refractivity contribution in [2.24, 2.45) is 0 Å². The molecule has 0 fully saturated rings. The number of para-hydroxylation sites is 1. The van der Waals surface area contributed by atoms with Crippen molar-refractivity contribution in [2.75, 3.05) is 0 Å². The minimum atomic E-state index is -0.746. The molecule has 0 atom stereocenters. The number of fused-ring (bicyclic) bond motifs is 4. The first kappa shape index (κ1) is 26.1. The Kier molecular flexibility index (Phi) is 6.33. The second-order valence-corrected chi connectivity index (χ2v) is 10.2. The summed E-state index contributed by atoms with van der Waals surface area (Å²) >= 11 is 0. The van der Waals surface area contributed by atoms with Crippen molar-refractivity contribution < 1.29 is 26.2 Å². The second kappa shape index (κ2) is 10.2. The first-order valence-corrected chi connectivity index (χ1v) is 13.5. The molecule has 204 valence electrons. The van der Waals surface area contributed by atoms with Crippen LogP contribution in [0.3, 0.4) is 0 Å². The summed E-state index contributed by atoms with van der Waals surface area (Å²) in [7, 11) is 0. The SMILES string of the molecule is Oc1ccccc1-c1cccc(C2(c3[c-]c(-c4nnc5ccccn45)ccc3)c3ccccc3-c3ccccc32)n1.[Pt]. The Morgan fingerprint density at radius 1 is 0.619 bits per heavy atom. The molecule has 0 radical (unpaired) electrons. The molecule has 8 rings (SSSR count). The number of pyridine rings is 2. The smallest absolute Gasteiger partial charge is 0.151 e. The van der Waals surface area contributed by atoms with Gasteiger partial charge in [-0.15, -0.1) is 40.5 Å². The zero-order valence-electron chi connectivity index (χ0n) is 22.3. The van der Waals surface area contributed by atoms with E-state index >= 15 is 0 Å². The summed E-state index contributed by atoms with van der Waals surface area (Å²) < 4.78 is 1.98. The van der Waals surface area contributed by atoms with Crippen LogP contribution in [-0.4, -0.2) is 24.7 Å². The van der Waals surface area contributed by atoms with Gasteiger partial charge in [0.25, 0.3) is 0 Å². The number of phenolic OH excluding ortho intramolecular Hbond substituents is 1. The molecule has 1 N–H and O–H groups in total. The van der Waals surface area contributed by atoms with Gasteiger partial charge in [0, 0.05) is 32.8 Å². The van der Waals surface area contributed by atoms with Gasteiger partial charge in [0.1, 0.15) is 5.75 Å². The van der Waals surface area contributed by atoms with Crippen LogP contribution in [0, 0.1) is 6.07 Å². The van der Waals surface area contributed by atoms with Crippen LogP contribution < -0.4 is 0 Å². The summed E-state index contributed by atoms with van der Waals surface area (Å²) in [6, 6.07) is 46.3. The molecular weight excluding hydrogens is 700 g/mol. The minimum absolute atomic E-state index is 0. The molecule has 0 spiro atoms. The summed E-state index contributed by atoms with van der Waals surface area (Å²) in [4.78, 5) is 5.26. The molecule has 0 aliphatic heterocycles. The third-order valence-electron chi connectivity index (χ3n) is 8.02. The van der Waals surface area contributed by atoms with Crippen LogP contribution in [-0.2, 0) is 26.5 Å². The number of nitrogens with zero attached hydrogens (tertiary/aromatic N) is 4.